The van der Waals surface area contributed by atoms with Crippen molar-refractivity contribution in [1.82, 2.24) is 0 Å². The summed E-state index contributed by atoms with van der Waals surface area (Å²) in [5, 5.41) is 2.77. The van der Waals surface area contributed by atoms with Gasteiger partial charge < -0.3 is 10.1 Å². The summed E-state index contributed by atoms with van der Waals surface area (Å²) >= 11 is 3.34. The highest BCUT2D eigenvalue weighted by Crippen LogP contribution is 2.17. The van der Waals surface area contributed by atoms with E-state index in [1.807, 2.05) is 12.1 Å². The molecule has 1 N–H and O–H groups in total. The maximum Gasteiger partial charge on any atom is 0.265 e. The minimum absolute atomic E-state index is 0.0441. The number of amides is 1. The molecule has 2 aromatic rings. The predicted octanol–water partition coefficient (Wildman–Crippen LogP) is 4.06. The van der Waals surface area contributed by atoms with E-state index in [1.165, 1.54) is 6.92 Å². The second-order valence-corrected chi connectivity index (χ2v) is 5.76. The fourth-order valence-corrected chi connectivity index (χ4v) is 2.09. The number of nitrogens with one attached hydrogen (secondary N) is 1. The highest BCUT2D eigenvalue weighted by molar-refractivity contribution is 9.10. The molecule has 5 heteroatoms. The second kappa shape index (κ2) is 7.22. The topological polar surface area (TPSA) is 55.4 Å². The third-order valence-corrected chi connectivity index (χ3v) is 3.56. The van der Waals surface area contributed by atoms with Crippen molar-refractivity contribution in [3.8, 4) is 5.75 Å². The first-order valence-corrected chi connectivity index (χ1v) is 7.59. The van der Waals surface area contributed by atoms with Crippen LogP contribution in [-0.4, -0.2) is 17.8 Å². The first-order chi connectivity index (χ1) is 10.5. The molecule has 2 rings (SSSR count). The van der Waals surface area contributed by atoms with Gasteiger partial charge in [0.2, 0.25) is 0 Å². The quantitative estimate of drug-likeness (QED) is 0.817. The summed E-state index contributed by atoms with van der Waals surface area (Å²) in [4.78, 5) is 23.5. The monoisotopic (exact) mass is 361 g/mol. The predicted molar refractivity (Wildman–Crippen MR) is 89.3 cm³/mol. The van der Waals surface area contributed by atoms with Gasteiger partial charge in [0.05, 0.1) is 0 Å². The lowest BCUT2D eigenvalue weighted by atomic mass is 10.1. The molecule has 1 amide bonds. The zero-order valence-corrected chi connectivity index (χ0v) is 13.9. The van der Waals surface area contributed by atoms with Gasteiger partial charge in [0.15, 0.2) is 11.9 Å². The van der Waals surface area contributed by atoms with E-state index in [2.05, 4.69) is 21.2 Å². The summed E-state index contributed by atoms with van der Waals surface area (Å²) < 4.78 is 6.53. The minimum atomic E-state index is -0.675. The maximum atomic E-state index is 12.1. The van der Waals surface area contributed by atoms with Gasteiger partial charge in [-0.3, -0.25) is 9.59 Å². The smallest absolute Gasteiger partial charge is 0.265 e. The summed E-state index contributed by atoms with van der Waals surface area (Å²) in [6, 6.07) is 14.1. The number of ether oxygens (including phenoxy) is 1. The number of hydrogen-bond acceptors (Lipinski definition) is 3. The maximum absolute atomic E-state index is 12.1. The van der Waals surface area contributed by atoms with Crippen molar-refractivity contribution in [3.05, 3.63) is 58.6 Å². The first kappa shape index (κ1) is 16.2. The molecule has 114 valence electrons. The molecule has 0 aliphatic carbocycles. The Morgan fingerprint density at radius 3 is 2.45 bits per heavy atom. The Morgan fingerprint density at radius 1 is 1.14 bits per heavy atom. The molecule has 2 aromatic carbocycles. The number of hydrogen-bond donors (Lipinski definition) is 1. The zero-order chi connectivity index (χ0) is 16.1. The van der Waals surface area contributed by atoms with Crippen molar-refractivity contribution in [2.75, 3.05) is 5.32 Å². The number of ketones is 1. The van der Waals surface area contributed by atoms with Gasteiger partial charge in [-0.05, 0) is 50.2 Å². The lowest BCUT2D eigenvalue weighted by molar-refractivity contribution is -0.122. The van der Waals surface area contributed by atoms with Gasteiger partial charge in [0.25, 0.3) is 5.91 Å². The molecule has 0 fully saturated rings. The van der Waals surface area contributed by atoms with Crippen LogP contribution in [0.15, 0.2) is 53.0 Å². The van der Waals surface area contributed by atoms with Gasteiger partial charge in [0, 0.05) is 15.7 Å². The van der Waals surface area contributed by atoms with E-state index < -0.39 is 6.10 Å². The number of anilines is 1. The van der Waals surface area contributed by atoms with Crippen LogP contribution in [-0.2, 0) is 4.79 Å². The fraction of sp³-hybridized carbons (Fsp3) is 0.176. The van der Waals surface area contributed by atoms with Gasteiger partial charge in [0.1, 0.15) is 5.75 Å². The summed E-state index contributed by atoms with van der Waals surface area (Å²) in [6.07, 6.45) is -0.675. The van der Waals surface area contributed by atoms with E-state index in [-0.39, 0.29) is 11.7 Å². The SMILES string of the molecule is CC(=O)c1cccc(OC(C)C(=O)Nc2ccc(Br)cc2)c1. The number of Topliss-reactive ketones (excluding diaryl/α,β-unsaturated/α-hetero) is 1. The minimum Gasteiger partial charge on any atom is -0.481 e. The number of carbonyl (C=O) groups is 2. The second-order valence-electron chi connectivity index (χ2n) is 4.84. The van der Waals surface area contributed by atoms with Crippen LogP contribution >= 0.6 is 15.9 Å². The van der Waals surface area contributed by atoms with Gasteiger partial charge in [-0.1, -0.05) is 28.1 Å². The zero-order valence-electron chi connectivity index (χ0n) is 12.3. The van der Waals surface area contributed by atoms with Crippen molar-refractivity contribution in [2.24, 2.45) is 0 Å². The van der Waals surface area contributed by atoms with Gasteiger partial charge in [-0.25, -0.2) is 0 Å². The average molecular weight is 362 g/mol. The molecule has 0 aliphatic heterocycles. The Hall–Kier alpha value is -2.14. The summed E-state index contributed by atoms with van der Waals surface area (Å²) in [7, 11) is 0. The Labute approximate surface area is 137 Å². The molecule has 0 radical (unpaired) electrons. The first-order valence-electron chi connectivity index (χ1n) is 6.80. The number of carbonyl (C=O) groups excluding carboxylic acids is 2. The van der Waals surface area contributed by atoms with E-state index in [0.717, 1.165) is 4.47 Å². The van der Waals surface area contributed by atoms with E-state index >= 15 is 0 Å². The standard InChI is InChI=1S/C17H16BrNO3/c1-11(20)13-4-3-5-16(10-13)22-12(2)17(21)19-15-8-6-14(18)7-9-15/h3-10,12H,1-2H3,(H,19,21). The number of benzene rings is 2. The van der Waals surface area contributed by atoms with Crippen molar-refractivity contribution in [3.63, 3.8) is 0 Å². The lowest BCUT2D eigenvalue weighted by Crippen LogP contribution is -2.30. The summed E-state index contributed by atoms with van der Waals surface area (Å²) in [5.41, 5.74) is 1.25. The molecule has 22 heavy (non-hydrogen) atoms. The molecular formula is C17H16BrNO3. The molecule has 0 aliphatic rings. The van der Waals surface area contributed by atoms with Crippen molar-refractivity contribution < 1.29 is 14.3 Å². The van der Waals surface area contributed by atoms with Crippen LogP contribution in [0.1, 0.15) is 24.2 Å². The molecular weight excluding hydrogens is 346 g/mol. The Bertz CT molecular complexity index is 683. The molecule has 0 heterocycles. The third-order valence-electron chi connectivity index (χ3n) is 3.03. The highest BCUT2D eigenvalue weighted by Gasteiger charge is 2.15. The Kier molecular flexibility index (Phi) is 5.33. The van der Waals surface area contributed by atoms with Crippen LogP contribution in [0.4, 0.5) is 5.69 Å². The molecule has 1 unspecified atom stereocenters. The van der Waals surface area contributed by atoms with E-state index in [0.29, 0.717) is 17.0 Å². The van der Waals surface area contributed by atoms with Crippen LogP contribution in [0.5, 0.6) is 5.75 Å². The van der Waals surface area contributed by atoms with E-state index in [1.54, 1.807) is 43.3 Å². The van der Waals surface area contributed by atoms with Gasteiger partial charge in [-0.15, -0.1) is 0 Å². The van der Waals surface area contributed by atoms with Crippen LogP contribution in [0.2, 0.25) is 0 Å². The molecule has 4 nitrogen and oxygen atoms in total. The van der Waals surface area contributed by atoms with Gasteiger partial charge >= 0.3 is 0 Å². The van der Waals surface area contributed by atoms with E-state index in [4.69, 9.17) is 4.74 Å². The summed E-state index contributed by atoms with van der Waals surface area (Å²) in [5.74, 6) is 0.194. The highest BCUT2D eigenvalue weighted by atomic mass is 79.9. The van der Waals surface area contributed by atoms with Crippen molar-refractivity contribution in [2.45, 2.75) is 20.0 Å². The molecule has 0 saturated heterocycles. The fourth-order valence-electron chi connectivity index (χ4n) is 1.82. The van der Waals surface area contributed by atoms with Gasteiger partial charge in [-0.2, -0.15) is 0 Å². The van der Waals surface area contributed by atoms with Crippen molar-refractivity contribution >= 4 is 33.3 Å². The van der Waals surface area contributed by atoms with Crippen LogP contribution in [0, 0.1) is 0 Å². The molecule has 0 bridgehead atoms. The molecule has 0 saturated carbocycles. The Morgan fingerprint density at radius 2 is 1.82 bits per heavy atom. The van der Waals surface area contributed by atoms with Crippen LogP contribution in [0.25, 0.3) is 0 Å². The third kappa shape index (κ3) is 4.43. The Balaban J connectivity index is 2.00. The number of rotatable bonds is 5. The van der Waals surface area contributed by atoms with Crippen LogP contribution in [0.3, 0.4) is 0 Å². The molecule has 0 spiro atoms. The number of halogens is 1. The lowest BCUT2D eigenvalue weighted by Gasteiger charge is -2.15. The summed E-state index contributed by atoms with van der Waals surface area (Å²) in [6.45, 7) is 3.15. The van der Waals surface area contributed by atoms with E-state index in [9.17, 15) is 9.59 Å². The normalized spacial score (nSPS) is 11.6. The average Bonchev–Trinajstić information content (AvgIpc) is 2.49. The molecule has 0 aromatic heterocycles. The van der Waals surface area contributed by atoms with Crippen molar-refractivity contribution in [1.29, 1.82) is 0 Å². The largest absolute Gasteiger partial charge is 0.481 e. The molecule has 1 atom stereocenters. The van der Waals surface area contributed by atoms with Crippen LogP contribution < -0.4 is 10.1 Å².